The summed E-state index contributed by atoms with van der Waals surface area (Å²) in [6.07, 6.45) is 1.31. The molecule has 2 N–H and O–H groups in total. The summed E-state index contributed by atoms with van der Waals surface area (Å²) in [4.78, 5) is 27.1. The fourth-order valence-corrected chi connectivity index (χ4v) is 2.95. The third-order valence-corrected chi connectivity index (χ3v) is 4.54. The van der Waals surface area contributed by atoms with E-state index in [4.69, 9.17) is 9.47 Å². The maximum absolute atomic E-state index is 12.2. The van der Waals surface area contributed by atoms with Crippen molar-refractivity contribution < 1.29 is 14.3 Å². The van der Waals surface area contributed by atoms with E-state index in [0.717, 1.165) is 9.86 Å². The first-order chi connectivity index (χ1) is 13.1. The van der Waals surface area contributed by atoms with Gasteiger partial charge in [-0.2, -0.15) is 5.10 Å². The van der Waals surface area contributed by atoms with Crippen LogP contribution in [0, 0.1) is 0 Å². The number of hydrazone groups is 1. The van der Waals surface area contributed by atoms with Crippen LogP contribution in [0.3, 0.4) is 0 Å². The minimum atomic E-state index is -0.365. The van der Waals surface area contributed by atoms with Crippen molar-refractivity contribution in [3.63, 3.8) is 0 Å². The van der Waals surface area contributed by atoms with Gasteiger partial charge in [0.05, 0.1) is 17.3 Å². The van der Waals surface area contributed by atoms with Crippen LogP contribution < -0.4 is 20.5 Å². The predicted octanol–water partition coefficient (Wildman–Crippen LogP) is 2.83. The van der Waals surface area contributed by atoms with Gasteiger partial charge in [0.2, 0.25) is 0 Å². The summed E-state index contributed by atoms with van der Waals surface area (Å²) in [5.74, 6) is 0.871. The number of pyridine rings is 1. The maximum Gasteiger partial charge on any atom is 0.271 e. The molecule has 0 aliphatic carbocycles. The number of aromatic amines is 1. The van der Waals surface area contributed by atoms with Crippen molar-refractivity contribution in [1.82, 2.24) is 10.4 Å². The van der Waals surface area contributed by atoms with Crippen LogP contribution in [0.1, 0.15) is 15.9 Å². The van der Waals surface area contributed by atoms with Crippen LogP contribution in [-0.2, 0) is 0 Å². The molecule has 3 aromatic rings. The van der Waals surface area contributed by atoms with Gasteiger partial charge in [0.15, 0.2) is 11.5 Å². The van der Waals surface area contributed by atoms with E-state index in [2.05, 4.69) is 31.4 Å². The molecule has 0 saturated carbocycles. The van der Waals surface area contributed by atoms with Gasteiger partial charge in [-0.1, -0.05) is 15.9 Å². The Kier molecular flexibility index (Phi) is 4.64. The molecule has 27 heavy (non-hydrogen) atoms. The Morgan fingerprint density at radius 1 is 1.11 bits per heavy atom. The van der Waals surface area contributed by atoms with Crippen LogP contribution in [0.15, 0.2) is 56.8 Å². The van der Waals surface area contributed by atoms with Crippen molar-refractivity contribution in [2.45, 2.75) is 0 Å². The molecule has 1 aliphatic heterocycles. The second kappa shape index (κ2) is 7.24. The van der Waals surface area contributed by atoms with Crippen molar-refractivity contribution in [2.24, 2.45) is 5.10 Å². The zero-order valence-electron chi connectivity index (χ0n) is 14.0. The molecule has 0 fully saturated rings. The Bertz CT molecular complexity index is 1110. The number of carbonyl (C=O) groups excluding carboxylic acids is 1. The normalized spacial score (nSPS) is 13.1. The highest BCUT2D eigenvalue weighted by molar-refractivity contribution is 9.10. The number of nitrogens with zero attached hydrogens (tertiary/aromatic N) is 1. The van der Waals surface area contributed by atoms with E-state index in [0.29, 0.717) is 41.4 Å². The summed E-state index contributed by atoms with van der Waals surface area (Å²) < 4.78 is 12.0. The fourth-order valence-electron chi connectivity index (χ4n) is 2.68. The van der Waals surface area contributed by atoms with Crippen molar-refractivity contribution in [1.29, 1.82) is 0 Å². The first kappa shape index (κ1) is 17.3. The van der Waals surface area contributed by atoms with Gasteiger partial charge in [-0.05, 0) is 36.4 Å². The number of amides is 1. The van der Waals surface area contributed by atoms with Gasteiger partial charge in [-0.15, -0.1) is 0 Å². The van der Waals surface area contributed by atoms with Crippen LogP contribution >= 0.6 is 15.9 Å². The monoisotopic (exact) mass is 427 g/mol. The molecule has 1 aromatic heterocycles. The lowest BCUT2D eigenvalue weighted by atomic mass is 10.1. The van der Waals surface area contributed by atoms with Crippen molar-refractivity contribution in [3.05, 3.63) is 68.4 Å². The van der Waals surface area contributed by atoms with Gasteiger partial charge in [-0.25, -0.2) is 5.43 Å². The Labute approximate surface area is 162 Å². The zero-order chi connectivity index (χ0) is 18.8. The lowest BCUT2D eigenvalue weighted by Crippen LogP contribution is -2.19. The SMILES string of the molecule is O=C(N/N=C/c1cc2cc3c(cc2[nH]c1=O)OCCO3)c1ccc(Br)cc1. The lowest BCUT2D eigenvalue weighted by molar-refractivity contribution is 0.0955. The molecule has 0 bridgehead atoms. The molecule has 136 valence electrons. The summed E-state index contributed by atoms with van der Waals surface area (Å²) in [6, 6.07) is 12.1. The highest BCUT2D eigenvalue weighted by Gasteiger charge is 2.13. The van der Waals surface area contributed by atoms with E-state index in [-0.39, 0.29) is 11.5 Å². The van der Waals surface area contributed by atoms with Crippen LogP contribution in [0.2, 0.25) is 0 Å². The van der Waals surface area contributed by atoms with E-state index in [1.54, 1.807) is 42.5 Å². The van der Waals surface area contributed by atoms with Gasteiger partial charge in [0.1, 0.15) is 13.2 Å². The van der Waals surface area contributed by atoms with E-state index >= 15 is 0 Å². The number of fused-ring (bicyclic) bond motifs is 2. The summed E-state index contributed by atoms with van der Waals surface area (Å²) in [5.41, 5.74) is 3.51. The van der Waals surface area contributed by atoms with Crippen molar-refractivity contribution >= 4 is 39.0 Å². The molecule has 1 amide bonds. The smallest absolute Gasteiger partial charge is 0.271 e. The molecule has 4 rings (SSSR count). The number of H-pyrrole nitrogens is 1. The number of benzene rings is 2. The number of carbonyl (C=O) groups is 1. The number of rotatable bonds is 3. The highest BCUT2D eigenvalue weighted by Crippen LogP contribution is 2.33. The van der Waals surface area contributed by atoms with E-state index in [1.807, 2.05) is 0 Å². The van der Waals surface area contributed by atoms with Crippen LogP contribution in [0.25, 0.3) is 10.9 Å². The first-order valence-electron chi connectivity index (χ1n) is 8.16. The Morgan fingerprint density at radius 3 is 2.56 bits per heavy atom. The molecular weight excluding hydrogens is 414 g/mol. The average molecular weight is 428 g/mol. The fraction of sp³-hybridized carbons (Fsp3) is 0.105. The van der Waals surface area contributed by atoms with Crippen molar-refractivity contribution in [3.8, 4) is 11.5 Å². The molecular formula is C19H14BrN3O4. The predicted molar refractivity (Wildman–Crippen MR) is 105 cm³/mol. The number of aromatic nitrogens is 1. The largest absolute Gasteiger partial charge is 0.486 e. The molecule has 2 aromatic carbocycles. The molecule has 0 saturated heterocycles. The summed E-state index contributed by atoms with van der Waals surface area (Å²) >= 11 is 3.31. The number of nitrogens with one attached hydrogen (secondary N) is 2. The maximum atomic E-state index is 12.2. The topological polar surface area (TPSA) is 92.8 Å². The molecule has 1 aliphatic rings. The zero-order valence-corrected chi connectivity index (χ0v) is 15.6. The highest BCUT2D eigenvalue weighted by atomic mass is 79.9. The molecule has 0 atom stereocenters. The van der Waals surface area contributed by atoms with Crippen LogP contribution in [-0.4, -0.2) is 30.3 Å². The Hall–Kier alpha value is -3.13. The molecule has 8 heteroatoms. The van der Waals surface area contributed by atoms with Gasteiger partial charge in [0.25, 0.3) is 11.5 Å². The molecule has 0 radical (unpaired) electrons. The third-order valence-electron chi connectivity index (χ3n) is 4.01. The molecule has 0 unspecified atom stereocenters. The van der Waals surface area contributed by atoms with Gasteiger partial charge in [-0.3, -0.25) is 9.59 Å². The molecule has 7 nitrogen and oxygen atoms in total. The Balaban J connectivity index is 1.56. The number of hydrogen-bond acceptors (Lipinski definition) is 5. The second-order valence-corrected chi connectivity index (χ2v) is 6.76. The van der Waals surface area contributed by atoms with Crippen LogP contribution in [0.5, 0.6) is 11.5 Å². The van der Waals surface area contributed by atoms with E-state index < -0.39 is 0 Å². The summed E-state index contributed by atoms with van der Waals surface area (Å²) in [6.45, 7) is 0.962. The Morgan fingerprint density at radius 2 is 1.81 bits per heavy atom. The number of ether oxygens (including phenoxy) is 2. The lowest BCUT2D eigenvalue weighted by Gasteiger charge is -2.18. The van der Waals surface area contributed by atoms with Gasteiger partial charge >= 0.3 is 0 Å². The van der Waals surface area contributed by atoms with Gasteiger partial charge < -0.3 is 14.5 Å². The quantitative estimate of drug-likeness (QED) is 0.496. The van der Waals surface area contributed by atoms with E-state index in [1.165, 1.54) is 6.21 Å². The number of hydrogen-bond donors (Lipinski definition) is 2. The van der Waals surface area contributed by atoms with Crippen molar-refractivity contribution in [2.75, 3.05) is 13.2 Å². The first-order valence-corrected chi connectivity index (χ1v) is 8.95. The summed E-state index contributed by atoms with van der Waals surface area (Å²) in [7, 11) is 0. The third kappa shape index (κ3) is 3.70. The second-order valence-electron chi connectivity index (χ2n) is 5.84. The minimum Gasteiger partial charge on any atom is -0.486 e. The summed E-state index contributed by atoms with van der Waals surface area (Å²) in [5, 5.41) is 4.66. The van der Waals surface area contributed by atoms with Gasteiger partial charge in [0, 0.05) is 21.5 Å². The van der Waals surface area contributed by atoms with E-state index in [9.17, 15) is 9.59 Å². The molecule has 0 spiro atoms. The van der Waals surface area contributed by atoms with Crippen LogP contribution in [0.4, 0.5) is 0 Å². The number of halogens is 1. The average Bonchev–Trinajstić information content (AvgIpc) is 2.67. The standard InChI is InChI=1S/C19H14BrN3O4/c20-14-3-1-11(2-4-14)19(25)23-21-10-13-7-12-8-16-17(27-6-5-26-16)9-15(12)22-18(13)24/h1-4,7-10H,5-6H2,(H,22,24)(H,23,25)/b21-10+. The molecule has 2 heterocycles. The minimum absolute atomic E-state index is 0.315.